The molecule has 134 valence electrons. The third-order valence-corrected chi connectivity index (χ3v) is 4.79. The van der Waals surface area contributed by atoms with Crippen LogP contribution in [0.5, 0.6) is 11.5 Å². The van der Waals surface area contributed by atoms with Crippen LogP contribution in [0.3, 0.4) is 0 Å². The van der Waals surface area contributed by atoms with Crippen molar-refractivity contribution >= 4 is 22.9 Å². The number of carbonyl (C=O) groups is 1. The van der Waals surface area contributed by atoms with Crippen molar-refractivity contribution < 1.29 is 14.3 Å². The molecule has 1 aromatic heterocycles. The van der Waals surface area contributed by atoms with Gasteiger partial charge in [-0.2, -0.15) is 0 Å². The summed E-state index contributed by atoms with van der Waals surface area (Å²) in [4.78, 5) is 16.7. The summed E-state index contributed by atoms with van der Waals surface area (Å²) in [6, 6.07) is 15.1. The maximum absolute atomic E-state index is 12.1. The highest BCUT2D eigenvalue weighted by Gasteiger charge is 2.08. The molecule has 3 rings (SSSR count). The molecule has 0 aliphatic rings. The summed E-state index contributed by atoms with van der Waals surface area (Å²) in [6.07, 6.45) is 0.982. The number of aryl methyl sites for hydroxylation is 1. The predicted molar refractivity (Wildman–Crippen MR) is 104 cm³/mol. The lowest BCUT2D eigenvalue weighted by atomic mass is 10.2. The third-order valence-electron chi connectivity index (χ3n) is 3.85. The molecule has 1 amide bonds. The number of amides is 1. The van der Waals surface area contributed by atoms with Crippen molar-refractivity contribution in [3.8, 4) is 22.1 Å². The van der Waals surface area contributed by atoms with Gasteiger partial charge in [0.25, 0.3) is 0 Å². The number of methoxy groups -OCH3 is 2. The number of rotatable bonds is 7. The second kappa shape index (κ2) is 8.49. The largest absolute Gasteiger partial charge is 0.497 e. The highest BCUT2D eigenvalue weighted by atomic mass is 32.1. The number of thiazole rings is 1. The molecule has 0 saturated carbocycles. The molecule has 26 heavy (non-hydrogen) atoms. The summed E-state index contributed by atoms with van der Waals surface area (Å²) >= 11 is 1.57. The molecule has 1 N–H and O–H groups in total. The lowest BCUT2D eigenvalue weighted by Crippen LogP contribution is -2.12. The Morgan fingerprint density at radius 1 is 1.08 bits per heavy atom. The molecular formula is C20H20N2O3S. The van der Waals surface area contributed by atoms with E-state index in [-0.39, 0.29) is 5.91 Å². The van der Waals surface area contributed by atoms with Crippen LogP contribution in [-0.2, 0) is 11.2 Å². The highest BCUT2D eigenvalue weighted by molar-refractivity contribution is 7.13. The van der Waals surface area contributed by atoms with Gasteiger partial charge in [0.2, 0.25) is 5.91 Å². The van der Waals surface area contributed by atoms with Crippen molar-refractivity contribution in [1.82, 2.24) is 4.98 Å². The van der Waals surface area contributed by atoms with E-state index in [1.807, 2.05) is 53.9 Å². The Balaban J connectivity index is 1.56. The van der Waals surface area contributed by atoms with E-state index in [4.69, 9.17) is 9.47 Å². The second-order valence-corrected chi connectivity index (χ2v) is 6.51. The number of carbonyl (C=O) groups excluding carboxylic acids is 1. The molecule has 0 bridgehead atoms. The standard InChI is InChI=1S/C20H20N2O3S/c1-24-17-9-6-15(7-10-17)21-19(23)11-8-16-13-26-20(22-16)14-4-3-5-18(12-14)25-2/h3-7,9-10,12-13H,8,11H2,1-2H3,(H,21,23). The minimum atomic E-state index is -0.0360. The molecule has 1 heterocycles. The van der Waals surface area contributed by atoms with Gasteiger partial charge in [-0.1, -0.05) is 12.1 Å². The van der Waals surface area contributed by atoms with E-state index in [1.54, 1.807) is 25.6 Å². The van der Waals surface area contributed by atoms with Crippen LogP contribution in [0.1, 0.15) is 12.1 Å². The first-order valence-corrected chi connectivity index (χ1v) is 9.08. The maximum Gasteiger partial charge on any atom is 0.224 e. The summed E-state index contributed by atoms with van der Waals surface area (Å²) in [5.41, 5.74) is 2.69. The van der Waals surface area contributed by atoms with Crippen LogP contribution < -0.4 is 14.8 Å². The van der Waals surface area contributed by atoms with E-state index in [0.717, 1.165) is 33.5 Å². The summed E-state index contributed by atoms with van der Waals surface area (Å²) in [5, 5.41) is 5.80. The third kappa shape index (κ3) is 4.61. The molecule has 0 aliphatic heterocycles. The zero-order valence-corrected chi connectivity index (χ0v) is 15.5. The molecule has 0 unspecified atom stereocenters. The van der Waals surface area contributed by atoms with Gasteiger partial charge in [-0.15, -0.1) is 11.3 Å². The smallest absolute Gasteiger partial charge is 0.224 e. The Morgan fingerprint density at radius 3 is 2.58 bits per heavy atom. The van der Waals surface area contributed by atoms with E-state index in [1.165, 1.54) is 0 Å². The first-order chi connectivity index (χ1) is 12.7. The van der Waals surface area contributed by atoms with Crippen molar-refractivity contribution in [3.05, 3.63) is 59.6 Å². The average molecular weight is 368 g/mol. The van der Waals surface area contributed by atoms with Crippen molar-refractivity contribution in [3.63, 3.8) is 0 Å². The SMILES string of the molecule is COc1ccc(NC(=O)CCc2csc(-c3cccc(OC)c3)n2)cc1. The molecule has 0 radical (unpaired) electrons. The Bertz CT molecular complexity index is 875. The highest BCUT2D eigenvalue weighted by Crippen LogP contribution is 2.27. The number of aromatic nitrogens is 1. The monoisotopic (exact) mass is 368 g/mol. The Morgan fingerprint density at radius 2 is 1.85 bits per heavy atom. The zero-order valence-electron chi connectivity index (χ0n) is 14.7. The van der Waals surface area contributed by atoms with Gasteiger partial charge < -0.3 is 14.8 Å². The number of anilines is 1. The van der Waals surface area contributed by atoms with Crippen LogP contribution in [0.4, 0.5) is 5.69 Å². The minimum Gasteiger partial charge on any atom is -0.497 e. The maximum atomic E-state index is 12.1. The van der Waals surface area contributed by atoms with E-state index in [2.05, 4.69) is 10.3 Å². The fraction of sp³-hybridized carbons (Fsp3) is 0.200. The fourth-order valence-corrected chi connectivity index (χ4v) is 3.30. The molecule has 0 fully saturated rings. The van der Waals surface area contributed by atoms with Crippen LogP contribution in [0.15, 0.2) is 53.9 Å². The fourth-order valence-electron chi connectivity index (χ4n) is 2.45. The van der Waals surface area contributed by atoms with Gasteiger partial charge in [0, 0.05) is 23.1 Å². The number of hydrogen-bond acceptors (Lipinski definition) is 5. The minimum absolute atomic E-state index is 0.0360. The first kappa shape index (κ1) is 17.9. The normalized spacial score (nSPS) is 10.4. The molecule has 5 nitrogen and oxygen atoms in total. The summed E-state index contributed by atoms with van der Waals surface area (Å²) < 4.78 is 10.4. The summed E-state index contributed by atoms with van der Waals surface area (Å²) in [7, 11) is 3.26. The van der Waals surface area contributed by atoms with Crippen molar-refractivity contribution in [1.29, 1.82) is 0 Å². The molecule has 0 aliphatic carbocycles. The van der Waals surface area contributed by atoms with Crippen LogP contribution in [0, 0.1) is 0 Å². The molecule has 6 heteroatoms. The van der Waals surface area contributed by atoms with Gasteiger partial charge in [0.1, 0.15) is 16.5 Å². The Hall–Kier alpha value is -2.86. The first-order valence-electron chi connectivity index (χ1n) is 8.20. The number of ether oxygens (including phenoxy) is 2. The van der Waals surface area contributed by atoms with E-state index in [0.29, 0.717) is 12.8 Å². The van der Waals surface area contributed by atoms with Gasteiger partial charge in [-0.3, -0.25) is 4.79 Å². The lowest BCUT2D eigenvalue weighted by molar-refractivity contribution is -0.116. The molecule has 2 aromatic carbocycles. The van der Waals surface area contributed by atoms with Crippen molar-refractivity contribution in [2.75, 3.05) is 19.5 Å². The summed E-state index contributed by atoms with van der Waals surface area (Å²) in [5.74, 6) is 1.53. The number of hydrogen-bond donors (Lipinski definition) is 1. The van der Waals surface area contributed by atoms with Crippen molar-refractivity contribution in [2.24, 2.45) is 0 Å². The second-order valence-electron chi connectivity index (χ2n) is 5.65. The van der Waals surface area contributed by atoms with Gasteiger partial charge in [-0.05, 0) is 42.8 Å². The van der Waals surface area contributed by atoms with E-state index < -0.39 is 0 Å². The Labute approximate surface area is 156 Å². The molecular weight excluding hydrogens is 348 g/mol. The Kier molecular flexibility index (Phi) is 5.86. The van der Waals surface area contributed by atoms with E-state index in [9.17, 15) is 4.79 Å². The van der Waals surface area contributed by atoms with Gasteiger partial charge in [0.15, 0.2) is 0 Å². The molecule has 0 atom stereocenters. The van der Waals surface area contributed by atoms with E-state index >= 15 is 0 Å². The predicted octanol–water partition coefficient (Wildman–Crippen LogP) is 4.40. The quantitative estimate of drug-likeness (QED) is 0.671. The zero-order chi connectivity index (χ0) is 18.4. The van der Waals surface area contributed by atoms with Crippen molar-refractivity contribution in [2.45, 2.75) is 12.8 Å². The van der Waals surface area contributed by atoms with Crippen LogP contribution in [-0.4, -0.2) is 25.1 Å². The van der Waals surface area contributed by atoms with Crippen LogP contribution in [0.2, 0.25) is 0 Å². The molecule has 0 saturated heterocycles. The molecule has 0 spiro atoms. The van der Waals surface area contributed by atoms with Gasteiger partial charge in [-0.25, -0.2) is 4.98 Å². The number of nitrogens with one attached hydrogen (secondary N) is 1. The van der Waals surface area contributed by atoms with Crippen LogP contribution in [0.25, 0.3) is 10.6 Å². The van der Waals surface area contributed by atoms with Crippen LogP contribution >= 0.6 is 11.3 Å². The number of nitrogens with zero attached hydrogens (tertiary/aromatic N) is 1. The molecule has 3 aromatic rings. The lowest BCUT2D eigenvalue weighted by Gasteiger charge is -2.05. The van der Waals surface area contributed by atoms with Gasteiger partial charge >= 0.3 is 0 Å². The van der Waals surface area contributed by atoms with Gasteiger partial charge in [0.05, 0.1) is 19.9 Å². The number of benzene rings is 2. The average Bonchev–Trinajstić information content (AvgIpc) is 3.16. The summed E-state index contributed by atoms with van der Waals surface area (Å²) in [6.45, 7) is 0. The topological polar surface area (TPSA) is 60.5 Å².